The van der Waals surface area contributed by atoms with E-state index in [1.807, 2.05) is 0 Å². The average molecular weight is 336 g/mol. The maximum absolute atomic E-state index is 11.3. The molecule has 1 aromatic heterocycles. The predicted molar refractivity (Wildman–Crippen MR) is 68.5 cm³/mol. The highest BCUT2D eigenvalue weighted by Gasteiger charge is 2.19. The van der Waals surface area contributed by atoms with Gasteiger partial charge >= 0.3 is 5.97 Å². The number of halogens is 1. The summed E-state index contributed by atoms with van der Waals surface area (Å²) < 4.78 is 0.238. The number of thioether (sulfide) groups is 1. The Morgan fingerprint density at radius 1 is 1.67 bits per heavy atom. The number of hydrogen-bond donors (Lipinski definition) is 3. The minimum atomic E-state index is -1.14. The molecule has 1 amide bonds. The van der Waals surface area contributed by atoms with Crippen molar-refractivity contribution in [2.45, 2.75) is 18.0 Å². The summed E-state index contributed by atoms with van der Waals surface area (Å²) in [4.78, 5) is 39.2. The lowest BCUT2D eigenvalue weighted by atomic mass is 10.3. The van der Waals surface area contributed by atoms with Crippen molar-refractivity contribution in [1.82, 2.24) is 15.3 Å². The predicted octanol–water partition coefficient (Wildman–Crippen LogP) is 0.214. The van der Waals surface area contributed by atoms with Gasteiger partial charge in [-0.15, -0.1) is 11.8 Å². The summed E-state index contributed by atoms with van der Waals surface area (Å²) >= 11 is 4.12. The van der Waals surface area contributed by atoms with E-state index >= 15 is 0 Å². The molecule has 1 rings (SSSR count). The van der Waals surface area contributed by atoms with Crippen molar-refractivity contribution >= 4 is 39.6 Å². The SMILES string of the molecule is CC(=O)NC(CSc1nc[nH]c(=O)c1Br)C(=O)O. The number of aromatic amines is 1. The van der Waals surface area contributed by atoms with E-state index in [-0.39, 0.29) is 15.8 Å². The van der Waals surface area contributed by atoms with Gasteiger partial charge in [-0.25, -0.2) is 9.78 Å². The number of H-pyrrole nitrogens is 1. The molecule has 9 heteroatoms. The second-order valence-corrected chi connectivity index (χ2v) is 5.05. The average Bonchev–Trinajstić information content (AvgIpc) is 2.28. The topological polar surface area (TPSA) is 112 Å². The van der Waals surface area contributed by atoms with Gasteiger partial charge in [-0.05, 0) is 15.9 Å². The molecule has 1 atom stereocenters. The molecule has 0 radical (unpaired) electrons. The van der Waals surface area contributed by atoms with Crippen molar-refractivity contribution in [2.75, 3.05) is 5.75 Å². The summed E-state index contributed by atoms with van der Waals surface area (Å²) in [5, 5.41) is 11.6. The van der Waals surface area contributed by atoms with Gasteiger partial charge in [0.15, 0.2) is 0 Å². The maximum Gasteiger partial charge on any atom is 0.327 e. The van der Waals surface area contributed by atoms with E-state index in [1.165, 1.54) is 13.3 Å². The van der Waals surface area contributed by atoms with Crippen LogP contribution in [-0.4, -0.2) is 38.7 Å². The Hall–Kier alpha value is -1.35. The monoisotopic (exact) mass is 335 g/mol. The van der Waals surface area contributed by atoms with Crippen LogP contribution in [-0.2, 0) is 9.59 Å². The molecule has 0 aliphatic carbocycles. The molecule has 0 aromatic carbocycles. The van der Waals surface area contributed by atoms with Crippen molar-refractivity contribution in [3.05, 3.63) is 21.2 Å². The van der Waals surface area contributed by atoms with E-state index in [9.17, 15) is 14.4 Å². The van der Waals surface area contributed by atoms with Crippen LogP contribution in [0.5, 0.6) is 0 Å². The molecule has 0 spiro atoms. The zero-order valence-corrected chi connectivity index (χ0v) is 11.7. The Labute approximate surface area is 115 Å². The van der Waals surface area contributed by atoms with Crippen molar-refractivity contribution < 1.29 is 14.7 Å². The minimum Gasteiger partial charge on any atom is -0.480 e. The molecular weight excluding hydrogens is 326 g/mol. The molecule has 3 N–H and O–H groups in total. The summed E-state index contributed by atoms with van der Waals surface area (Å²) in [6.07, 6.45) is 1.23. The van der Waals surface area contributed by atoms with Gasteiger partial charge in [-0.1, -0.05) is 0 Å². The van der Waals surface area contributed by atoms with Gasteiger partial charge in [0, 0.05) is 12.7 Å². The molecule has 0 bridgehead atoms. The third-order valence-electron chi connectivity index (χ3n) is 1.83. The summed E-state index contributed by atoms with van der Waals surface area (Å²) in [5.41, 5.74) is -0.348. The number of amides is 1. The second-order valence-electron chi connectivity index (χ2n) is 3.25. The van der Waals surface area contributed by atoms with Crippen LogP contribution in [0.15, 0.2) is 20.6 Å². The molecule has 98 valence electrons. The number of carbonyl (C=O) groups is 2. The van der Waals surface area contributed by atoms with E-state index in [2.05, 4.69) is 31.2 Å². The number of nitrogens with zero attached hydrogens (tertiary/aromatic N) is 1. The van der Waals surface area contributed by atoms with Crippen LogP contribution >= 0.6 is 27.7 Å². The first-order valence-corrected chi connectivity index (χ1v) is 6.55. The second kappa shape index (κ2) is 6.55. The van der Waals surface area contributed by atoms with Crippen LogP contribution in [0.3, 0.4) is 0 Å². The lowest BCUT2D eigenvalue weighted by Crippen LogP contribution is -2.41. The van der Waals surface area contributed by atoms with Gasteiger partial charge in [0.1, 0.15) is 15.5 Å². The first-order valence-electron chi connectivity index (χ1n) is 4.77. The smallest absolute Gasteiger partial charge is 0.327 e. The molecular formula is C9H10BrN3O4S. The zero-order chi connectivity index (χ0) is 13.7. The normalized spacial score (nSPS) is 11.9. The van der Waals surface area contributed by atoms with Gasteiger partial charge in [-0.3, -0.25) is 9.59 Å². The molecule has 1 aromatic rings. The number of nitrogens with one attached hydrogen (secondary N) is 2. The highest BCUT2D eigenvalue weighted by Crippen LogP contribution is 2.21. The molecule has 7 nitrogen and oxygen atoms in total. The van der Waals surface area contributed by atoms with Gasteiger partial charge in [-0.2, -0.15) is 0 Å². The highest BCUT2D eigenvalue weighted by molar-refractivity contribution is 9.10. The number of aliphatic carboxylic acids is 1. The molecule has 0 saturated heterocycles. The van der Waals surface area contributed by atoms with Gasteiger partial charge < -0.3 is 15.4 Å². The number of hydrogen-bond acceptors (Lipinski definition) is 5. The molecule has 0 saturated carbocycles. The standard InChI is InChI=1S/C9H10BrN3O4S/c1-4(14)13-5(9(16)17)2-18-8-6(10)7(15)11-3-12-8/h3,5H,2H2,1H3,(H,13,14)(H,16,17)(H,11,12,15). The Balaban J connectivity index is 2.73. The fourth-order valence-electron chi connectivity index (χ4n) is 1.05. The maximum atomic E-state index is 11.3. The largest absolute Gasteiger partial charge is 0.480 e. The first kappa shape index (κ1) is 14.7. The summed E-state index contributed by atoms with van der Waals surface area (Å²) in [7, 11) is 0. The Kier molecular flexibility index (Phi) is 5.35. The molecule has 0 aliphatic heterocycles. The Morgan fingerprint density at radius 2 is 2.33 bits per heavy atom. The van der Waals surface area contributed by atoms with E-state index in [0.29, 0.717) is 5.03 Å². The van der Waals surface area contributed by atoms with E-state index in [4.69, 9.17) is 5.11 Å². The van der Waals surface area contributed by atoms with Crippen LogP contribution in [0, 0.1) is 0 Å². The number of aromatic nitrogens is 2. The lowest BCUT2D eigenvalue weighted by molar-refractivity contribution is -0.140. The van der Waals surface area contributed by atoms with Crippen molar-refractivity contribution in [3.8, 4) is 0 Å². The van der Waals surface area contributed by atoms with Crippen LogP contribution in [0.1, 0.15) is 6.92 Å². The van der Waals surface area contributed by atoms with E-state index < -0.39 is 17.9 Å². The van der Waals surface area contributed by atoms with Crippen LogP contribution in [0.2, 0.25) is 0 Å². The Morgan fingerprint density at radius 3 is 2.89 bits per heavy atom. The van der Waals surface area contributed by atoms with Gasteiger partial charge in [0.05, 0.1) is 6.33 Å². The quantitative estimate of drug-likeness (QED) is 0.524. The fourth-order valence-corrected chi connectivity index (χ4v) is 2.51. The number of rotatable bonds is 5. The fraction of sp³-hybridized carbons (Fsp3) is 0.333. The highest BCUT2D eigenvalue weighted by atomic mass is 79.9. The lowest BCUT2D eigenvalue weighted by Gasteiger charge is -2.12. The third kappa shape index (κ3) is 4.15. The first-order chi connectivity index (χ1) is 8.41. The van der Waals surface area contributed by atoms with E-state index in [1.54, 1.807) is 0 Å². The zero-order valence-electron chi connectivity index (χ0n) is 9.27. The number of carboxylic acid groups (broad SMARTS) is 1. The van der Waals surface area contributed by atoms with Crippen LogP contribution in [0.4, 0.5) is 0 Å². The van der Waals surface area contributed by atoms with Crippen LogP contribution in [0.25, 0.3) is 0 Å². The van der Waals surface area contributed by atoms with Crippen molar-refractivity contribution in [3.63, 3.8) is 0 Å². The summed E-state index contributed by atoms with van der Waals surface area (Å²) in [5.74, 6) is -1.50. The van der Waals surface area contributed by atoms with Crippen LogP contribution < -0.4 is 10.9 Å². The van der Waals surface area contributed by atoms with Gasteiger partial charge in [0.25, 0.3) is 5.56 Å². The molecule has 1 unspecified atom stereocenters. The van der Waals surface area contributed by atoms with E-state index in [0.717, 1.165) is 11.8 Å². The molecule has 1 heterocycles. The summed E-state index contributed by atoms with van der Waals surface area (Å²) in [6, 6.07) is -1.03. The molecule has 0 aliphatic rings. The van der Waals surface area contributed by atoms with Gasteiger partial charge in [0.2, 0.25) is 5.91 Å². The molecule has 0 fully saturated rings. The van der Waals surface area contributed by atoms with Crippen molar-refractivity contribution in [2.24, 2.45) is 0 Å². The van der Waals surface area contributed by atoms with Crippen molar-refractivity contribution in [1.29, 1.82) is 0 Å². The Bertz CT molecular complexity index is 519. The minimum absolute atomic E-state index is 0.0734. The number of carboxylic acids is 1. The molecule has 18 heavy (non-hydrogen) atoms. The number of carbonyl (C=O) groups excluding carboxylic acids is 1. The third-order valence-corrected chi connectivity index (χ3v) is 3.91. The summed E-state index contributed by atoms with van der Waals surface area (Å²) in [6.45, 7) is 1.24.